The Morgan fingerprint density at radius 2 is 2.38 bits per heavy atom. The summed E-state index contributed by atoms with van der Waals surface area (Å²) in [6, 6.07) is 0. The molecule has 0 spiro atoms. The van der Waals surface area contributed by atoms with Crippen LogP contribution >= 0.6 is 0 Å². The Hall–Kier alpha value is -0.520. The largest absolute Gasteiger partial charge is 0.103 e. The van der Waals surface area contributed by atoms with E-state index in [2.05, 4.69) is 31.7 Å². The number of hydrogen-bond donors (Lipinski definition) is 0. The van der Waals surface area contributed by atoms with Crippen LogP contribution in [0.15, 0.2) is 24.8 Å². The Morgan fingerprint density at radius 1 is 1.54 bits per heavy atom. The maximum atomic E-state index is 3.83. The molecule has 0 aromatic rings. The summed E-state index contributed by atoms with van der Waals surface area (Å²) in [6.45, 7) is 6.19. The van der Waals surface area contributed by atoms with Crippen molar-refractivity contribution < 1.29 is 0 Å². The van der Waals surface area contributed by atoms with E-state index in [9.17, 15) is 0 Å². The first kappa shape index (κ1) is 9.05. The standard InChI is InChI=1S/C13H20/c1-3-5-8-13(4-2)10-11-6-7-12(13)9-11/h3,6-7,11-12H,1,4-5,8-10H2,2H3. The zero-order valence-corrected chi connectivity index (χ0v) is 8.63. The second-order valence-corrected chi connectivity index (χ2v) is 4.73. The highest BCUT2D eigenvalue weighted by molar-refractivity contribution is 5.15. The zero-order chi connectivity index (χ0) is 9.31. The summed E-state index contributed by atoms with van der Waals surface area (Å²) in [5.41, 5.74) is 0.646. The molecule has 2 rings (SSSR count). The number of rotatable bonds is 4. The average molecular weight is 176 g/mol. The Balaban J connectivity index is 2.08. The lowest BCUT2D eigenvalue weighted by Gasteiger charge is -2.34. The molecule has 1 saturated carbocycles. The van der Waals surface area contributed by atoms with E-state index in [0.717, 1.165) is 11.8 Å². The van der Waals surface area contributed by atoms with Gasteiger partial charge in [0.2, 0.25) is 0 Å². The average Bonchev–Trinajstić information content (AvgIpc) is 2.74. The molecule has 13 heavy (non-hydrogen) atoms. The summed E-state index contributed by atoms with van der Waals surface area (Å²) < 4.78 is 0. The van der Waals surface area contributed by atoms with Crippen LogP contribution < -0.4 is 0 Å². The highest BCUT2D eigenvalue weighted by atomic mass is 14.5. The van der Waals surface area contributed by atoms with E-state index in [4.69, 9.17) is 0 Å². The molecule has 3 atom stereocenters. The first-order valence-corrected chi connectivity index (χ1v) is 5.60. The second-order valence-electron chi connectivity index (χ2n) is 4.73. The van der Waals surface area contributed by atoms with Crippen molar-refractivity contribution in [2.75, 3.05) is 0 Å². The predicted molar refractivity (Wildman–Crippen MR) is 57.5 cm³/mol. The van der Waals surface area contributed by atoms with Gasteiger partial charge in [0.05, 0.1) is 0 Å². The van der Waals surface area contributed by atoms with Crippen molar-refractivity contribution in [3.05, 3.63) is 24.8 Å². The van der Waals surface area contributed by atoms with Crippen LogP contribution in [0.2, 0.25) is 0 Å². The van der Waals surface area contributed by atoms with E-state index in [-0.39, 0.29) is 0 Å². The van der Waals surface area contributed by atoms with E-state index in [1.54, 1.807) is 0 Å². The lowest BCUT2D eigenvalue weighted by atomic mass is 9.70. The van der Waals surface area contributed by atoms with Crippen molar-refractivity contribution in [3.8, 4) is 0 Å². The van der Waals surface area contributed by atoms with Gasteiger partial charge in [-0.1, -0.05) is 25.2 Å². The maximum Gasteiger partial charge on any atom is -0.0171 e. The first-order valence-electron chi connectivity index (χ1n) is 5.60. The van der Waals surface area contributed by atoms with Gasteiger partial charge in [0.1, 0.15) is 0 Å². The highest BCUT2D eigenvalue weighted by Gasteiger charge is 2.45. The van der Waals surface area contributed by atoms with Gasteiger partial charge in [-0.05, 0) is 49.4 Å². The maximum absolute atomic E-state index is 3.83. The molecule has 0 aromatic heterocycles. The summed E-state index contributed by atoms with van der Waals surface area (Å²) in [4.78, 5) is 0. The molecule has 0 N–H and O–H groups in total. The number of allylic oxidation sites excluding steroid dienone is 3. The Bertz CT molecular complexity index is 226. The van der Waals surface area contributed by atoms with Crippen LogP contribution in [-0.2, 0) is 0 Å². The van der Waals surface area contributed by atoms with E-state index < -0.39 is 0 Å². The minimum atomic E-state index is 0.646. The van der Waals surface area contributed by atoms with E-state index in [0.29, 0.717) is 5.41 Å². The fourth-order valence-corrected chi connectivity index (χ4v) is 3.31. The van der Waals surface area contributed by atoms with Crippen molar-refractivity contribution in [1.29, 1.82) is 0 Å². The molecule has 0 saturated heterocycles. The molecule has 2 aliphatic rings. The molecule has 1 fully saturated rings. The fourth-order valence-electron chi connectivity index (χ4n) is 3.31. The molecular formula is C13H20. The lowest BCUT2D eigenvalue weighted by Crippen LogP contribution is -2.24. The first-order chi connectivity index (χ1) is 6.30. The van der Waals surface area contributed by atoms with Crippen molar-refractivity contribution in [2.24, 2.45) is 17.3 Å². The van der Waals surface area contributed by atoms with Crippen LogP contribution in [0.3, 0.4) is 0 Å². The van der Waals surface area contributed by atoms with Crippen LogP contribution in [0.1, 0.15) is 39.0 Å². The molecule has 0 heterocycles. The van der Waals surface area contributed by atoms with Crippen LogP contribution in [0.25, 0.3) is 0 Å². The van der Waals surface area contributed by atoms with Gasteiger partial charge >= 0.3 is 0 Å². The third-order valence-electron chi connectivity index (χ3n) is 4.18. The van der Waals surface area contributed by atoms with Gasteiger partial charge in [-0.15, -0.1) is 6.58 Å². The van der Waals surface area contributed by atoms with Gasteiger partial charge in [-0.25, -0.2) is 0 Å². The zero-order valence-electron chi connectivity index (χ0n) is 8.63. The molecule has 0 radical (unpaired) electrons. The smallest absolute Gasteiger partial charge is 0.0171 e. The van der Waals surface area contributed by atoms with Crippen LogP contribution in [-0.4, -0.2) is 0 Å². The van der Waals surface area contributed by atoms with Gasteiger partial charge in [0, 0.05) is 0 Å². The van der Waals surface area contributed by atoms with Gasteiger partial charge in [0.15, 0.2) is 0 Å². The lowest BCUT2D eigenvalue weighted by molar-refractivity contribution is 0.200. The molecule has 0 heteroatoms. The van der Waals surface area contributed by atoms with Crippen LogP contribution in [0, 0.1) is 17.3 Å². The molecule has 0 aromatic carbocycles. The SMILES string of the molecule is C=CCCC1(CC)CC2C=CC1C2. The molecule has 2 aliphatic carbocycles. The Labute approximate surface area is 81.7 Å². The normalized spacial score (nSPS) is 41.3. The quantitative estimate of drug-likeness (QED) is 0.569. The monoisotopic (exact) mass is 176 g/mol. The van der Waals surface area contributed by atoms with Gasteiger partial charge in [-0.3, -0.25) is 0 Å². The van der Waals surface area contributed by atoms with Gasteiger partial charge in [0.25, 0.3) is 0 Å². The molecule has 0 aliphatic heterocycles. The third-order valence-corrected chi connectivity index (χ3v) is 4.18. The number of hydrogen-bond acceptors (Lipinski definition) is 0. The minimum Gasteiger partial charge on any atom is -0.103 e. The Morgan fingerprint density at radius 3 is 2.85 bits per heavy atom. The fraction of sp³-hybridized carbons (Fsp3) is 0.692. The van der Waals surface area contributed by atoms with Crippen molar-refractivity contribution in [2.45, 2.75) is 39.0 Å². The molecular weight excluding hydrogens is 156 g/mol. The summed E-state index contributed by atoms with van der Waals surface area (Å²) >= 11 is 0. The van der Waals surface area contributed by atoms with Crippen LogP contribution in [0.4, 0.5) is 0 Å². The molecule has 3 unspecified atom stereocenters. The highest BCUT2D eigenvalue weighted by Crippen LogP contribution is 2.56. The Kier molecular flexibility index (Phi) is 2.31. The van der Waals surface area contributed by atoms with Gasteiger partial charge in [-0.2, -0.15) is 0 Å². The topological polar surface area (TPSA) is 0 Å². The molecule has 0 nitrogen and oxygen atoms in total. The van der Waals surface area contributed by atoms with Crippen molar-refractivity contribution in [1.82, 2.24) is 0 Å². The third kappa shape index (κ3) is 1.37. The summed E-state index contributed by atoms with van der Waals surface area (Å²) in [5.74, 6) is 1.80. The number of fused-ring (bicyclic) bond motifs is 2. The van der Waals surface area contributed by atoms with Crippen LogP contribution in [0.5, 0.6) is 0 Å². The van der Waals surface area contributed by atoms with Gasteiger partial charge < -0.3 is 0 Å². The molecule has 2 bridgehead atoms. The summed E-state index contributed by atoms with van der Waals surface area (Å²) in [7, 11) is 0. The second kappa shape index (κ2) is 3.32. The van der Waals surface area contributed by atoms with E-state index in [1.165, 1.54) is 32.1 Å². The summed E-state index contributed by atoms with van der Waals surface area (Å²) in [6.07, 6.45) is 13.8. The summed E-state index contributed by atoms with van der Waals surface area (Å²) in [5, 5.41) is 0. The minimum absolute atomic E-state index is 0.646. The predicted octanol–water partition coefficient (Wildman–Crippen LogP) is 3.95. The molecule has 0 amide bonds. The van der Waals surface area contributed by atoms with E-state index in [1.807, 2.05) is 0 Å². The van der Waals surface area contributed by atoms with E-state index >= 15 is 0 Å². The molecule has 72 valence electrons. The van der Waals surface area contributed by atoms with Crippen molar-refractivity contribution in [3.63, 3.8) is 0 Å². The van der Waals surface area contributed by atoms with Crippen molar-refractivity contribution >= 4 is 0 Å².